The van der Waals surface area contributed by atoms with Crippen LogP contribution in [-0.2, 0) is 0 Å². The summed E-state index contributed by atoms with van der Waals surface area (Å²) in [5.74, 6) is 0.213. The molecule has 0 heterocycles. The van der Waals surface area contributed by atoms with Crippen molar-refractivity contribution in [1.82, 2.24) is 0 Å². The van der Waals surface area contributed by atoms with Crippen molar-refractivity contribution in [3.8, 4) is 0 Å². The van der Waals surface area contributed by atoms with E-state index in [2.05, 4.69) is 0 Å². The third-order valence-electron chi connectivity index (χ3n) is 1.69. The summed E-state index contributed by atoms with van der Waals surface area (Å²) in [6, 6.07) is 7.67. The molecule has 0 aliphatic rings. The number of carbonyl (C=O) groups is 1. The molecule has 0 radical (unpaired) electrons. The average Bonchev–Trinajstić information content (AvgIpc) is 2.05. The highest BCUT2D eigenvalue weighted by Crippen LogP contribution is 2.05. The molecule has 1 heteroatoms. The van der Waals surface area contributed by atoms with Crippen molar-refractivity contribution in [1.29, 1.82) is 0 Å². The van der Waals surface area contributed by atoms with Gasteiger partial charge < -0.3 is 0 Å². The van der Waals surface area contributed by atoms with Gasteiger partial charge >= 0.3 is 0 Å². The first kappa shape index (κ1) is 7.99. The lowest BCUT2D eigenvalue weighted by atomic mass is 10.1. The Kier molecular flexibility index (Phi) is 2.42. The maximum Gasteiger partial charge on any atom is 0.162 e. The van der Waals surface area contributed by atoms with Crippen molar-refractivity contribution in [3.63, 3.8) is 0 Å². The zero-order chi connectivity index (χ0) is 8.27. The monoisotopic (exact) mass is 150 g/mol. The largest absolute Gasteiger partial charge is 0.294 e. The van der Waals surface area contributed by atoms with Gasteiger partial charge in [-0.1, -0.05) is 36.8 Å². The normalized spacial score (nSPS) is 9.64. The summed E-state index contributed by atoms with van der Waals surface area (Å²) in [4.78, 5) is 11.1. The number of Topliss-reactive ketones (excluding diaryl/α,β-unsaturated/α-hetero) is 1. The van der Waals surface area contributed by atoms with Crippen LogP contribution in [0.3, 0.4) is 0 Å². The summed E-state index contributed by atoms with van der Waals surface area (Å²) < 4.78 is 0. The van der Waals surface area contributed by atoms with E-state index < -0.39 is 0 Å². The average molecular weight is 150 g/mol. The molecule has 0 amide bonds. The summed E-state index contributed by atoms with van der Waals surface area (Å²) in [7, 11) is 0. The molecular formula is C10H14O. The van der Waals surface area contributed by atoms with E-state index in [-0.39, 0.29) is 7.21 Å². The summed E-state index contributed by atoms with van der Waals surface area (Å²) in [6.07, 6.45) is 0.586. The highest BCUT2D eigenvalue weighted by molar-refractivity contribution is 5.95. The molecule has 0 aromatic heterocycles. The van der Waals surface area contributed by atoms with Crippen molar-refractivity contribution < 1.29 is 6.22 Å². The lowest BCUT2D eigenvalue weighted by Crippen LogP contribution is -1.95. The Balaban J connectivity index is 0.00000121. The van der Waals surface area contributed by atoms with Crippen LogP contribution in [0.4, 0.5) is 0 Å². The fraction of sp³-hybridized carbons (Fsp3) is 0.300. The summed E-state index contributed by atoms with van der Waals surface area (Å²) >= 11 is 0. The molecule has 1 nitrogen and oxygen atoms in total. The number of aryl methyl sites for hydroxylation is 1. The molecule has 0 spiro atoms. The predicted octanol–water partition coefficient (Wildman–Crippen LogP) is 2.83. The predicted molar refractivity (Wildman–Crippen MR) is 47.9 cm³/mol. The van der Waals surface area contributed by atoms with Gasteiger partial charge in [-0.25, -0.2) is 0 Å². The molecule has 0 fully saturated rings. The molecule has 0 N–H and O–H groups in total. The fourth-order valence-electron chi connectivity index (χ4n) is 0.944. The second kappa shape index (κ2) is 3.33. The van der Waals surface area contributed by atoms with Crippen molar-refractivity contribution in [2.75, 3.05) is 0 Å². The van der Waals surface area contributed by atoms with Gasteiger partial charge in [0.15, 0.2) is 5.78 Å². The first-order chi connectivity index (χ1) is 5.24. The summed E-state index contributed by atoms with van der Waals surface area (Å²) in [5, 5.41) is 0. The molecule has 60 valence electrons. The maximum absolute atomic E-state index is 11.1. The molecule has 0 aliphatic carbocycles. The highest BCUT2D eigenvalue weighted by Gasteiger charge is 1.99. The Morgan fingerprint density at radius 2 is 1.91 bits per heavy atom. The van der Waals surface area contributed by atoms with E-state index in [1.807, 2.05) is 38.1 Å². The first-order valence-corrected chi connectivity index (χ1v) is 3.84. The van der Waals surface area contributed by atoms with Gasteiger partial charge in [0.2, 0.25) is 0 Å². The van der Waals surface area contributed by atoms with E-state index in [0.717, 1.165) is 5.56 Å². The summed E-state index contributed by atoms with van der Waals surface area (Å²) in [5.41, 5.74) is 2.01. The minimum atomic E-state index is 0. The van der Waals surface area contributed by atoms with Gasteiger partial charge in [-0.05, 0) is 6.92 Å². The highest BCUT2D eigenvalue weighted by atomic mass is 16.1. The van der Waals surface area contributed by atoms with E-state index in [0.29, 0.717) is 6.42 Å². The summed E-state index contributed by atoms with van der Waals surface area (Å²) in [6.45, 7) is 3.89. The topological polar surface area (TPSA) is 17.1 Å². The van der Waals surface area contributed by atoms with Crippen LogP contribution in [0.5, 0.6) is 0 Å². The first-order valence-electron chi connectivity index (χ1n) is 3.84. The fourth-order valence-corrected chi connectivity index (χ4v) is 0.944. The standard InChI is InChI=1S/C10H12O.H2/c1-3-10(11)9-6-4-8(2)5-7-9;/h4-7H,3H2,1-2H3;1H. The molecule has 1 aromatic rings. The number of hydrogen-bond acceptors (Lipinski definition) is 1. The van der Waals surface area contributed by atoms with Crippen LogP contribution < -0.4 is 0 Å². The van der Waals surface area contributed by atoms with Crippen LogP contribution in [-0.4, -0.2) is 5.78 Å². The third-order valence-corrected chi connectivity index (χ3v) is 1.69. The molecular weight excluding hydrogens is 136 g/mol. The number of ketones is 1. The Hall–Kier alpha value is -1.11. The number of hydrogen-bond donors (Lipinski definition) is 0. The van der Waals surface area contributed by atoms with Crippen LogP contribution >= 0.6 is 0 Å². The van der Waals surface area contributed by atoms with Gasteiger partial charge in [-0.2, -0.15) is 0 Å². The van der Waals surface area contributed by atoms with Gasteiger partial charge in [-0.3, -0.25) is 4.79 Å². The van der Waals surface area contributed by atoms with Crippen molar-refractivity contribution >= 4 is 5.78 Å². The Morgan fingerprint density at radius 1 is 1.36 bits per heavy atom. The van der Waals surface area contributed by atoms with Gasteiger partial charge in [0, 0.05) is 13.4 Å². The quantitative estimate of drug-likeness (QED) is 0.592. The molecule has 0 saturated heterocycles. The lowest BCUT2D eigenvalue weighted by molar-refractivity contribution is 0.0988. The van der Waals surface area contributed by atoms with Gasteiger partial charge in [-0.15, -0.1) is 0 Å². The van der Waals surface area contributed by atoms with Gasteiger partial charge in [0.05, 0.1) is 0 Å². The Labute approximate surface area is 68.5 Å². The van der Waals surface area contributed by atoms with E-state index in [1.54, 1.807) is 0 Å². The molecule has 0 aliphatic heterocycles. The smallest absolute Gasteiger partial charge is 0.162 e. The molecule has 0 saturated carbocycles. The van der Waals surface area contributed by atoms with Crippen LogP contribution in [0, 0.1) is 6.92 Å². The van der Waals surface area contributed by atoms with E-state index >= 15 is 0 Å². The molecule has 0 unspecified atom stereocenters. The molecule has 1 aromatic carbocycles. The second-order valence-corrected chi connectivity index (χ2v) is 2.64. The van der Waals surface area contributed by atoms with E-state index in [9.17, 15) is 4.79 Å². The van der Waals surface area contributed by atoms with Gasteiger partial charge in [0.25, 0.3) is 0 Å². The minimum Gasteiger partial charge on any atom is -0.294 e. The van der Waals surface area contributed by atoms with Crippen LogP contribution in [0.25, 0.3) is 0 Å². The Morgan fingerprint density at radius 3 is 2.36 bits per heavy atom. The molecule has 0 bridgehead atoms. The van der Waals surface area contributed by atoms with Crippen LogP contribution in [0.15, 0.2) is 24.3 Å². The number of benzene rings is 1. The lowest BCUT2D eigenvalue weighted by Gasteiger charge is -1.96. The number of rotatable bonds is 2. The maximum atomic E-state index is 11.1. The zero-order valence-electron chi connectivity index (χ0n) is 6.92. The van der Waals surface area contributed by atoms with Crippen molar-refractivity contribution in [2.45, 2.75) is 20.3 Å². The van der Waals surface area contributed by atoms with Crippen LogP contribution in [0.1, 0.15) is 30.7 Å². The third kappa shape index (κ3) is 1.90. The van der Waals surface area contributed by atoms with Crippen molar-refractivity contribution in [2.24, 2.45) is 0 Å². The Bertz CT molecular complexity index is 251. The van der Waals surface area contributed by atoms with Crippen molar-refractivity contribution in [3.05, 3.63) is 35.4 Å². The van der Waals surface area contributed by atoms with E-state index in [4.69, 9.17) is 0 Å². The second-order valence-electron chi connectivity index (χ2n) is 2.64. The minimum absolute atomic E-state index is 0. The zero-order valence-corrected chi connectivity index (χ0v) is 6.92. The molecule has 1 rings (SSSR count). The molecule has 11 heavy (non-hydrogen) atoms. The number of carbonyl (C=O) groups excluding carboxylic acids is 1. The van der Waals surface area contributed by atoms with Crippen LogP contribution in [0.2, 0.25) is 0 Å². The van der Waals surface area contributed by atoms with E-state index in [1.165, 1.54) is 5.56 Å². The molecule has 0 atom stereocenters. The van der Waals surface area contributed by atoms with Gasteiger partial charge in [0.1, 0.15) is 0 Å². The SMILES string of the molecule is CCC(=O)c1ccc(C)cc1.[HH].